The van der Waals surface area contributed by atoms with Crippen LogP contribution < -0.4 is 14.8 Å². The summed E-state index contributed by atoms with van der Waals surface area (Å²) >= 11 is 1.38. The number of fused-ring (bicyclic) bond motifs is 1. The number of amides is 2. The average molecular weight is 424 g/mol. The lowest BCUT2D eigenvalue weighted by atomic mass is 10.2. The van der Waals surface area contributed by atoms with E-state index in [0.717, 1.165) is 10.6 Å². The number of carbonyl (C=O) groups is 2. The van der Waals surface area contributed by atoms with E-state index in [9.17, 15) is 9.59 Å². The van der Waals surface area contributed by atoms with Crippen molar-refractivity contribution in [3.8, 4) is 11.5 Å². The van der Waals surface area contributed by atoms with E-state index in [1.54, 1.807) is 48.5 Å². The number of nitrogens with zero attached hydrogens (tertiary/aromatic N) is 3. The molecule has 0 radical (unpaired) electrons. The first kappa shape index (κ1) is 19.8. The van der Waals surface area contributed by atoms with Crippen LogP contribution in [0.2, 0.25) is 0 Å². The van der Waals surface area contributed by atoms with Gasteiger partial charge in [-0.3, -0.25) is 19.9 Å². The van der Waals surface area contributed by atoms with Crippen LogP contribution in [0.4, 0.5) is 5.13 Å². The maximum atomic E-state index is 12.6. The highest BCUT2D eigenvalue weighted by molar-refractivity contribution is 7.15. The molecule has 0 bridgehead atoms. The van der Waals surface area contributed by atoms with E-state index in [1.807, 2.05) is 12.1 Å². The van der Waals surface area contributed by atoms with Crippen LogP contribution in [-0.2, 0) is 17.8 Å². The number of aromatic nitrogens is 2. The fraction of sp³-hybridized carbons (Fsp3) is 0.238. The lowest BCUT2D eigenvalue weighted by molar-refractivity contribution is -0.134. The normalized spacial score (nSPS) is 12.8. The number of methoxy groups -OCH3 is 1. The Kier molecular flexibility index (Phi) is 5.89. The summed E-state index contributed by atoms with van der Waals surface area (Å²) < 4.78 is 10.8. The van der Waals surface area contributed by atoms with Crippen molar-refractivity contribution < 1.29 is 19.1 Å². The van der Waals surface area contributed by atoms with E-state index in [0.29, 0.717) is 41.8 Å². The SMILES string of the molecule is COc1cccc(OCC(=O)N2CCc3nc(NC(=O)c4ccccn4)sc3C2)c1. The van der Waals surface area contributed by atoms with Gasteiger partial charge in [-0.15, -0.1) is 0 Å². The van der Waals surface area contributed by atoms with Gasteiger partial charge in [0.05, 0.1) is 19.3 Å². The maximum absolute atomic E-state index is 12.6. The van der Waals surface area contributed by atoms with E-state index >= 15 is 0 Å². The second-order valence-corrected chi connectivity index (χ2v) is 7.67. The number of ether oxygens (including phenoxy) is 2. The van der Waals surface area contributed by atoms with Crippen molar-refractivity contribution in [3.63, 3.8) is 0 Å². The van der Waals surface area contributed by atoms with Crippen molar-refractivity contribution in [2.75, 3.05) is 25.6 Å². The molecule has 9 heteroatoms. The van der Waals surface area contributed by atoms with Crippen LogP contribution in [0.1, 0.15) is 21.1 Å². The monoisotopic (exact) mass is 424 g/mol. The predicted molar refractivity (Wildman–Crippen MR) is 112 cm³/mol. The molecule has 30 heavy (non-hydrogen) atoms. The third-order valence-electron chi connectivity index (χ3n) is 4.61. The first-order valence-electron chi connectivity index (χ1n) is 9.38. The lowest BCUT2D eigenvalue weighted by Gasteiger charge is -2.26. The number of carbonyl (C=O) groups excluding carboxylic acids is 2. The van der Waals surface area contributed by atoms with Crippen molar-refractivity contribution in [2.24, 2.45) is 0 Å². The Morgan fingerprint density at radius 1 is 1.20 bits per heavy atom. The number of benzene rings is 1. The van der Waals surface area contributed by atoms with Gasteiger partial charge in [-0.05, 0) is 24.3 Å². The number of pyridine rings is 1. The molecule has 3 aromatic rings. The van der Waals surface area contributed by atoms with Crippen molar-refractivity contribution in [1.82, 2.24) is 14.9 Å². The highest BCUT2D eigenvalue weighted by atomic mass is 32.1. The molecule has 2 amide bonds. The molecular weight excluding hydrogens is 404 g/mol. The van der Waals surface area contributed by atoms with Crippen molar-refractivity contribution in [1.29, 1.82) is 0 Å². The minimum Gasteiger partial charge on any atom is -0.497 e. The van der Waals surface area contributed by atoms with E-state index < -0.39 is 0 Å². The molecule has 0 fully saturated rings. The Morgan fingerprint density at radius 2 is 2.07 bits per heavy atom. The largest absolute Gasteiger partial charge is 0.497 e. The molecule has 154 valence electrons. The molecule has 8 nitrogen and oxygen atoms in total. The van der Waals surface area contributed by atoms with Gasteiger partial charge < -0.3 is 14.4 Å². The van der Waals surface area contributed by atoms with Crippen LogP contribution in [0.3, 0.4) is 0 Å². The molecule has 0 aliphatic carbocycles. The molecule has 1 N–H and O–H groups in total. The summed E-state index contributed by atoms with van der Waals surface area (Å²) in [6.45, 7) is 0.960. The molecule has 0 spiro atoms. The van der Waals surface area contributed by atoms with Crippen LogP contribution in [0.25, 0.3) is 0 Å². The molecule has 3 heterocycles. The van der Waals surface area contributed by atoms with E-state index in [1.165, 1.54) is 11.3 Å². The summed E-state index contributed by atoms with van der Waals surface area (Å²) in [6.07, 6.45) is 2.20. The van der Waals surface area contributed by atoms with Crippen LogP contribution in [0.15, 0.2) is 48.7 Å². The van der Waals surface area contributed by atoms with Gasteiger partial charge >= 0.3 is 0 Å². The van der Waals surface area contributed by atoms with Gasteiger partial charge in [0.2, 0.25) is 0 Å². The molecule has 0 atom stereocenters. The standard InChI is InChI=1S/C21H20N4O4S/c1-28-14-5-4-6-15(11-14)29-13-19(26)25-10-8-16-18(12-25)30-21(23-16)24-20(27)17-7-2-3-9-22-17/h2-7,9,11H,8,10,12-13H2,1H3,(H,23,24,27). The minimum atomic E-state index is -0.304. The zero-order valence-corrected chi connectivity index (χ0v) is 17.1. The second-order valence-electron chi connectivity index (χ2n) is 6.59. The maximum Gasteiger partial charge on any atom is 0.276 e. The first-order chi connectivity index (χ1) is 14.6. The topological polar surface area (TPSA) is 93.7 Å². The summed E-state index contributed by atoms with van der Waals surface area (Å²) in [7, 11) is 1.58. The molecular formula is C21H20N4O4S. The van der Waals surface area contributed by atoms with Crippen LogP contribution in [0.5, 0.6) is 11.5 Å². The van der Waals surface area contributed by atoms with Crippen LogP contribution in [-0.4, -0.2) is 46.9 Å². The third-order valence-corrected chi connectivity index (χ3v) is 5.60. The summed E-state index contributed by atoms with van der Waals surface area (Å²) in [4.78, 5) is 36.1. The van der Waals surface area contributed by atoms with E-state index in [4.69, 9.17) is 9.47 Å². The quantitative estimate of drug-likeness (QED) is 0.654. The number of anilines is 1. The van der Waals surface area contributed by atoms with Gasteiger partial charge in [-0.1, -0.05) is 23.5 Å². The highest BCUT2D eigenvalue weighted by Crippen LogP contribution is 2.29. The Hall–Kier alpha value is -3.46. The molecule has 2 aromatic heterocycles. The van der Waals surface area contributed by atoms with Gasteiger partial charge in [0, 0.05) is 30.1 Å². The Bertz CT molecular complexity index is 1050. The highest BCUT2D eigenvalue weighted by Gasteiger charge is 2.25. The van der Waals surface area contributed by atoms with Crippen molar-refractivity contribution >= 4 is 28.3 Å². The van der Waals surface area contributed by atoms with Crippen molar-refractivity contribution in [3.05, 3.63) is 64.9 Å². The molecule has 1 aromatic carbocycles. The average Bonchev–Trinajstić information content (AvgIpc) is 3.19. The zero-order valence-electron chi connectivity index (χ0n) is 16.3. The van der Waals surface area contributed by atoms with Gasteiger partial charge in [-0.2, -0.15) is 0 Å². The van der Waals surface area contributed by atoms with Crippen molar-refractivity contribution in [2.45, 2.75) is 13.0 Å². The van der Waals surface area contributed by atoms with Gasteiger partial charge in [0.1, 0.15) is 17.2 Å². The van der Waals surface area contributed by atoms with Crippen LogP contribution >= 0.6 is 11.3 Å². The molecule has 0 unspecified atom stereocenters. The lowest BCUT2D eigenvalue weighted by Crippen LogP contribution is -2.38. The molecule has 0 saturated carbocycles. The fourth-order valence-corrected chi connectivity index (χ4v) is 4.07. The zero-order chi connectivity index (χ0) is 20.9. The summed E-state index contributed by atoms with van der Waals surface area (Å²) in [5.74, 6) is 0.850. The fourth-order valence-electron chi connectivity index (χ4n) is 3.05. The number of hydrogen-bond acceptors (Lipinski definition) is 7. The second kappa shape index (κ2) is 8.91. The number of rotatable bonds is 6. The Balaban J connectivity index is 1.35. The number of thiazole rings is 1. The third kappa shape index (κ3) is 4.57. The smallest absolute Gasteiger partial charge is 0.276 e. The predicted octanol–water partition coefficient (Wildman–Crippen LogP) is 2.76. The Morgan fingerprint density at radius 3 is 2.87 bits per heavy atom. The van der Waals surface area contributed by atoms with E-state index in [2.05, 4.69) is 15.3 Å². The summed E-state index contributed by atoms with van der Waals surface area (Å²) in [5, 5.41) is 3.29. The number of hydrogen-bond donors (Lipinski definition) is 1. The van der Waals surface area contributed by atoms with Gasteiger partial charge in [-0.25, -0.2) is 4.98 Å². The van der Waals surface area contributed by atoms with Crippen LogP contribution in [0, 0.1) is 0 Å². The number of nitrogens with one attached hydrogen (secondary N) is 1. The summed E-state index contributed by atoms with van der Waals surface area (Å²) in [5.41, 5.74) is 1.24. The van der Waals surface area contributed by atoms with Gasteiger partial charge in [0.25, 0.3) is 11.8 Å². The summed E-state index contributed by atoms with van der Waals surface area (Å²) in [6, 6.07) is 12.3. The first-order valence-corrected chi connectivity index (χ1v) is 10.2. The molecule has 4 rings (SSSR count). The minimum absolute atomic E-state index is 0.0510. The molecule has 1 aliphatic heterocycles. The molecule has 0 saturated heterocycles. The van der Waals surface area contributed by atoms with Gasteiger partial charge in [0.15, 0.2) is 11.7 Å². The Labute approximate surface area is 177 Å². The molecule has 1 aliphatic rings. The van der Waals surface area contributed by atoms with E-state index in [-0.39, 0.29) is 18.4 Å².